The highest BCUT2D eigenvalue weighted by atomic mass is 16.5. The number of hydrogen-bond acceptors (Lipinski definition) is 4. The summed E-state index contributed by atoms with van der Waals surface area (Å²) in [6, 6.07) is 5.29. The minimum atomic E-state index is -1.11. The lowest BCUT2D eigenvalue weighted by atomic mass is 9.84. The monoisotopic (exact) mass is 289 g/mol. The molecule has 1 aromatic heterocycles. The molecule has 0 saturated carbocycles. The van der Waals surface area contributed by atoms with Crippen molar-refractivity contribution in [3.63, 3.8) is 0 Å². The third-order valence-corrected chi connectivity index (χ3v) is 3.30. The normalized spacial score (nSPS) is 11.5. The highest BCUT2D eigenvalue weighted by Gasteiger charge is 2.23. The standard InChI is InChI=1S/C16H19NO4/c1-9-6-10(13-8-12(15(18)19)17-21-13)7-11(14(9)20-5)16(2,3)4/h6-8H,1-5H3,(H,18,19). The fourth-order valence-electron chi connectivity index (χ4n) is 2.26. The Morgan fingerprint density at radius 2 is 1.95 bits per heavy atom. The van der Waals surface area contributed by atoms with Crippen LogP contribution in [0.15, 0.2) is 22.7 Å². The summed E-state index contributed by atoms with van der Waals surface area (Å²) >= 11 is 0. The van der Waals surface area contributed by atoms with Crippen LogP contribution in [0, 0.1) is 6.92 Å². The number of aromatic carboxylic acids is 1. The van der Waals surface area contributed by atoms with Gasteiger partial charge in [0.15, 0.2) is 11.5 Å². The Hall–Kier alpha value is -2.30. The zero-order chi connectivity index (χ0) is 15.8. The van der Waals surface area contributed by atoms with Crippen LogP contribution in [-0.2, 0) is 5.41 Å². The average Bonchev–Trinajstić information content (AvgIpc) is 2.86. The summed E-state index contributed by atoms with van der Waals surface area (Å²) in [7, 11) is 1.65. The topological polar surface area (TPSA) is 72.6 Å². The van der Waals surface area contributed by atoms with Crippen molar-refractivity contribution >= 4 is 5.97 Å². The van der Waals surface area contributed by atoms with Gasteiger partial charge in [0.05, 0.1) is 7.11 Å². The fourth-order valence-corrected chi connectivity index (χ4v) is 2.26. The van der Waals surface area contributed by atoms with Crippen molar-refractivity contribution in [2.45, 2.75) is 33.1 Å². The van der Waals surface area contributed by atoms with Gasteiger partial charge in [-0.2, -0.15) is 0 Å². The second-order valence-corrected chi connectivity index (χ2v) is 6.01. The lowest BCUT2D eigenvalue weighted by Crippen LogP contribution is -2.13. The van der Waals surface area contributed by atoms with Gasteiger partial charge in [-0.25, -0.2) is 4.79 Å². The van der Waals surface area contributed by atoms with E-state index in [2.05, 4.69) is 25.9 Å². The Kier molecular flexibility index (Phi) is 3.77. The molecular weight excluding hydrogens is 270 g/mol. The van der Waals surface area contributed by atoms with E-state index < -0.39 is 5.97 Å². The first-order chi connectivity index (χ1) is 9.74. The third-order valence-electron chi connectivity index (χ3n) is 3.30. The van der Waals surface area contributed by atoms with Crippen molar-refractivity contribution in [2.24, 2.45) is 0 Å². The molecule has 5 heteroatoms. The Bertz CT molecular complexity index is 680. The molecular formula is C16H19NO4. The summed E-state index contributed by atoms with van der Waals surface area (Å²) < 4.78 is 10.6. The van der Waals surface area contributed by atoms with Crippen LogP contribution >= 0.6 is 0 Å². The van der Waals surface area contributed by atoms with E-state index in [-0.39, 0.29) is 11.1 Å². The van der Waals surface area contributed by atoms with Crippen LogP contribution in [-0.4, -0.2) is 23.3 Å². The maximum atomic E-state index is 10.9. The van der Waals surface area contributed by atoms with Gasteiger partial charge in [-0.3, -0.25) is 0 Å². The molecule has 2 aromatic rings. The van der Waals surface area contributed by atoms with E-state index in [1.807, 2.05) is 19.1 Å². The molecule has 0 amide bonds. The molecule has 0 aliphatic heterocycles. The molecule has 5 nitrogen and oxygen atoms in total. The van der Waals surface area contributed by atoms with Gasteiger partial charge in [0, 0.05) is 17.2 Å². The van der Waals surface area contributed by atoms with E-state index in [0.29, 0.717) is 5.76 Å². The number of benzene rings is 1. The van der Waals surface area contributed by atoms with Gasteiger partial charge >= 0.3 is 5.97 Å². The van der Waals surface area contributed by atoms with Gasteiger partial charge < -0.3 is 14.4 Å². The largest absolute Gasteiger partial charge is 0.496 e. The van der Waals surface area contributed by atoms with Crippen molar-refractivity contribution in [2.75, 3.05) is 7.11 Å². The maximum absolute atomic E-state index is 10.9. The molecule has 112 valence electrons. The van der Waals surface area contributed by atoms with Crippen LogP contribution < -0.4 is 4.74 Å². The number of carbonyl (C=O) groups is 1. The molecule has 0 aliphatic carbocycles. The number of methoxy groups -OCH3 is 1. The molecule has 0 fully saturated rings. The summed E-state index contributed by atoms with van der Waals surface area (Å²) in [5.41, 5.74) is 2.58. The summed E-state index contributed by atoms with van der Waals surface area (Å²) in [6.07, 6.45) is 0. The minimum Gasteiger partial charge on any atom is -0.496 e. The lowest BCUT2D eigenvalue weighted by Gasteiger charge is -2.24. The van der Waals surface area contributed by atoms with E-state index in [1.165, 1.54) is 6.07 Å². The van der Waals surface area contributed by atoms with E-state index >= 15 is 0 Å². The van der Waals surface area contributed by atoms with E-state index in [0.717, 1.165) is 22.4 Å². The Morgan fingerprint density at radius 3 is 2.43 bits per heavy atom. The fraction of sp³-hybridized carbons (Fsp3) is 0.375. The van der Waals surface area contributed by atoms with Gasteiger partial charge in [-0.1, -0.05) is 25.9 Å². The number of aromatic nitrogens is 1. The van der Waals surface area contributed by atoms with Crippen LogP contribution in [0.3, 0.4) is 0 Å². The molecule has 0 bridgehead atoms. The zero-order valence-corrected chi connectivity index (χ0v) is 12.9. The van der Waals surface area contributed by atoms with Crippen LogP contribution in [0.2, 0.25) is 0 Å². The van der Waals surface area contributed by atoms with E-state index in [9.17, 15) is 4.79 Å². The minimum absolute atomic E-state index is 0.101. The molecule has 0 unspecified atom stereocenters. The van der Waals surface area contributed by atoms with Crippen LogP contribution in [0.4, 0.5) is 0 Å². The summed E-state index contributed by atoms with van der Waals surface area (Å²) in [6.45, 7) is 8.23. The number of nitrogens with zero attached hydrogens (tertiary/aromatic N) is 1. The van der Waals surface area contributed by atoms with Crippen LogP contribution in [0.25, 0.3) is 11.3 Å². The summed E-state index contributed by atoms with van der Waals surface area (Å²) in [4.78, 5) is 10.9. The second-order valence-electron chi connectivity index (χ2n) is 6.01. The highest BCUT2D eigenvalue weighted by molar-refractivity contribution is 5.86. The number of aryl methyl sites for hydroxylation is 1. The van der Waals surface area contributed by atoms with Gasteiger partial charge in [0.25, 0.3) is 0 Å². The highest BCUT2D eigenvalue weighted by Crippen LogP contribution is 2.37. The average molecular weight is 289 g/mol. The molecule has 0 radical (unpaired) electrons. The lowest BCUT2D eigenvalue weighted by molar-refractivity contribution is 0.0686. The second kappa shape index (κ2) is 5.24. The Morgan fingerprint density at radius 1 is 1.29 bits per heavy atom. The summed E-state index contributed by atoms with van der Waals surface area (Å²) in [5.74, 6) is 0.166. The molecule has 2 rings (SSSR count). The maximum Gasteiger partial charge on any atom is 0.358 e. The molecule has 0 spiro atoms. The number of ether oxygens (including phenoxy) is 1. The first-order valence-corrected chi connectivity index (χ1v) is 6.63. The molecule has 1 N–H and O–H groups in total. The van der Waals surface area contributed by atoms with Crippen molar-refractivity contribution in [3.05, 3.63) is 35.0 Å². The molecule has 0 atom stereocenters. The van der Waals surface area contributed by atoms with Gasteiger partial charge in [0.2, 0.25) is 0 Å². The van der Waals surface area contributed by atoms with Crippen LogP contribution in [0.1, 0.15) is 42.4 Å². The van der Waals surface area contributed by atoms with E-state index in [1.54, 1.807) is 7.11 Å². The molecule has 21 heavy (non-hydrogen) atoms. The summed E-state index contributed by atoms with van der Waals surface area (Å²) in [5, 5.41) is 12.5. The molecule has 0 saturated heterocycles. The van der Waals surface area contributed by atoms with Gasteiger partial charge in [-0.15, -0.1) is 0 Å². The molecule has 1 heterocycles. The van der Waals surface area contributed by atoms with Crippen molar-refractivity contribution < 1.29 is 19.2 Å². The molecule has 0 aliphatic rings. The van der Waals surface area contributed by atoms with Gasteiger partial charge in [-0.05, 0) is 30.0 Å². The predicted octanol–water partition coefficient (Wildman–Crippen LogP) is 3.65. The van der Waals surface area contributed by atoms with Gasteiger partial charge in [0.1, 0.15) is 5.75 Å². The Labute approximate surface area is 123 Å². The first-order valence-electron chi connectivity index (χ1n) is 6.63. The number of hydrogen-bond donors (Lipinski definition) is 1. The third kappa shape index (κ3) is 2.91. The van der Waals surface area contributed by atoms with Crippen molar-refractivity contribution in [3.8, 4) is 17.1 Å². The van der Waals surface area contributed by atoms with Crippen LogP contribution in [0.5, 0.6) is 5.75 Å². The Balaban J connectivity index is 2.59. The number of carboxylic acid groups (broad SMARTS) is 1. The van der Waals surface area contributed by atoms with Crippen molar-refractivity contribution in [1.82, 2.24) is 5.16 Å². The van der Waals surface area contributed by atoms with E-state index in [4.69, 9.17) is 14.4 Å². The smallest absolute Gasteiger partial charge is 0.358 e. The predicted molar refractivity (Wildman–Crippen MR) is 78.9 cm³/mol. The number of rotatable bonds is 3. The molecule has 1 aromatic carbocycles. The first kappa shape index (κ1) is 15.1. The quantitative estimate of drug-likeness (QED) is 0.933. The SMILES string of the molecule is COc1c(C)cc(-c2cc(C(=O)O)no2)cc1C(C)(C)C. The zero-order valence-electron chi connectivity index (χ0n) is 12.9. The van der Waals surface area contributed by atoms with Crippen molar-refractivity contribution in [1.29, 1.82) is 0 Å². The number of carboxylic acids is 1.